The van der Waals surface area contributed by atoms with Crippen molar-refractivity contribution in [3.05, 3.63) is 0 Å². The highest BCUT2D eigenvalue weighted by Gasteiger charge is 2.36. The van der Waals surface area contributed by atoms with Crippen molar-refractivity contribution in [2.24, 2.45) is 5.92 Å². The Morgan fingerprint density at radius 2 is 1.89 bits per heavy atom. The summed E-state index contributed by atoms with van der Waals surface area (Å²) in [6.07, 6.45) is 4.22. The summed E-state index contributed by atoms with van der Waals surface area (Å²) >= 11 is 0. The van der Waals surface area contributed by atoms with Crippen LogP contribution < -0.4 is 0 Å². The normalized spacial score (nSPS) is 25.8. The second-order valence-electron chi connectivity index (χ2n) is 4.95. The minimum absolute atomic E-state index is 0.0176. The Balaban J connectivity index is 2.03. The third-order valence-corrected chi connectivity index (χ3v) is 3.83. The number of nitrogens with zero attached hydrogens (tertiary/aromatic N) is 1. The van der Waals surface area contributed by atoms with E-state index in [1.807, 2.05) is 0 Å². The van der Waals surface area contributed by atoms with Crippen molar-refractivity contribution in [1.29, 1.82) is 0 Å². The molecule has 0 aromatic heterocycles. The van der Waals surface area contributed by atoms with E-state index in [9.17, 15) is 9.59 Å². The van der Waals surface area contributed by atoms with Gasteiger partial charge in [0.05, 0.1) is 7.11 Å². The van der Waals surface area contributed by atoms with Crippen molar-refractivity contribution in [3.63, 3.8) is 0 Å². The number of likely N-dealkylation sites (tertiary alicyclic amines) is 1. The van der Waals surface area contributed by atoms with E-state index < -0.39 is 0 Å². The summed E-state index contributed by atoms with van der Waals surface area (Å²) in [6.45, 7) is 1.97. The number of carbonyl (C=O) groups excluding carboxylic acids is 2. The van der Waals surface area contributed by atoms with Gasteiger partial charge in [0.15, 0.2) is 0 Å². The molecule has 1 amide bonds. The van der Waals surface area contributed by atoms with Gasteiger partial charge in [-0.25, -0.2) is 4.79 Å². The highest BCUT2D eigenvalue weighted by molar-refractivity contribution is 5.86. The van der Waals surface area contributed by atoms with Crippen LogP contribution in [0.25, 0.3) is 0 Å². The van der Waals surface area contributed by atoms with Gasteiger partial charge in [0.1, 0.15) is 6.04 Å². The Kier molecular flexibility index (Phi) is 4.58. The number of hydrogen-bond acceptors (Lipinski definition) is 4. The number of hydrogen-bond donors (Lipinski definition) is 0. The molecule has 1 atom stereocenters. The van der Waals surface area contributed by atoms with Gasteiger partial charge in [-0.2, -0.15) is 0 Å². The number of carbonyl (C=O) groups is 2. The molecule has 18 heavy (non-hydrogen) atoms. The predicted octanol–water partition coefficient (Wildman–Crippen LogP) is 0.967. The van der Waals surface area contributed by atoms with Crippen molar-refractivity contribution in [2.75, 3.05) is 26.9 Å². The summed E-state index contributed by atoms with van der Waals surface area (Å²) < 4.78 is 10.1. The summed E-state index contributed by atoms with van der Waals surface area (Å²) in [7, 11) is 1.38. The smallest absolute Gasteiger partial charge is 0.328 e. The fourth-order valence-corrected chi connectivity index (χ4v) is 2.76. The van der Waals surface area contributed by atoms with Crippen LogP contribution in [0.1, 0.15) is 32.1 Å². The van der Waals surface area contributed by atoms with E-state index in [-0.39, 0.29) is 23.8 Å². The minimum atomic E-state index is -0.376. The van der Waals surface area contributed by atoms with Crippen LogP contribution in [0.4, 0.5) is 0 Å². The molecule has 0 radical (unpaired) electrons. The Labute approximate surface area is 107 Å². The average Bonchev–Trinajstić information content (AvgIpc) is 2.46. The molecule has 2 aliphatic heterocycles. The molecule has 5 heteroatoms. The summed E-state index contributed by atoms with van der Waals surface area (Å²) in [4.78, 5) is 25.9. The van der Waals surface area contributed by atoms with E-state index in [4.69, 9.17) is 9.47 Å². The third-order valence-electron chi connectivity index (χ3n) is 3.83. The molecule has 1 unspecified atom stereocenters. The van der Waals surface area contributed by atoms with Gasteiger partial charge >= 0.3 is 5.97 Å². The van der Waals surface area contributed by atoms with Crippen molar-refractivity contribution < 1.29 is 19.1 Å². The fraction of sp³-hybridized carbons (Fsp3) is 0.846. The van der Waals surface area contributed by atoms with Crippen molar-refractivity contribution in [2.45, 2.75) is 38.1 Å². The zero-order chi connectivity index (χ0) is 13.0. The molecule has 102 valence electrons. The van der Waals surface area contributed by atoms with Crippen molar-refractivity contribution >= 4 is 11.9 Å². The Bertz CT molecular complexity index is 312. The monoisotopic (exact) mass is 255 g/mol. The zero-order valence-electron chi connectivity index (χ0n) is 10.9. The molecule has 2 heterocycles. The maximum Gasteiger partial charge on any atom is 0.328 e. The van der Waals surface area contributed by atoms with Crippen LogP contribution >= 0.6 is 0 Å². The largest absolute Gasteiger partial charge is 0.467 e. The first-order chi connectivity index (χ1) is 8.74. The number of ether oxygens (including phenoxy) is 2. The summed E-state index contributed by atoms with van der Waals surface area (Å²) in [5.41, 5.74) is 0. The van der Waals surface area contributed by atoms with E-state index in [2.05, 4.69) is 0 Å². The topological polar surface area (TPSA) is 55.8 Å². The summed E-state index contributed by atoms with van der Waals surface area (Å²) in [5, 5.41) is 0. The van der Waals surface area contributed by atoms with Gasteiger partial charge in [0, 0.05) is 25.7 Å². The molecule has 0 aromatic rings. The Morgan fingerprint density at radius 1 is 1.17 bits per heavy atom. The molecule has 2 aliphatic rings. The van der Waals surface area contributed by atoms with Crippen LogP contribution in [-0.4, -0.2) is 49.7 Å². The van der Waals surface area contributed by atoms with Crippen LogP contribution in [0.3, 0.4) is 0 Å². The second kappa shape index (κ2) is 6.18. The molecule has 2 rings (SSSR count). The first kappa shape index (κ1) is 13.3. The Hall–Kier alpha value is -1.10. The van der Waals surface area contributed by atoms with Crippen LogP contribution in [-0.2, 0) is 19.1 Å². The van der Waals surface area contributed by atoms with Crippen LogP contribution in [0.2, 0.25) is 0 Å². The Morgan fingerprint density at radius 3 is 2.56 bits per heavy atom. The maximum atomic E-state index is 12.4. The van der Waals surface area contributed by atoms with Gasteiger partial charge in [0.25, 0.3) is 0 Å². The molecule has 2 fully saturated rings. The van der Waals surface area contributed by atoms with E-state index in [1.165, 1.54) is 7.11 Å². The van der Waals surface area contributed by atoms with Crippen molar-refractivity contribution in [3.8, 4) is 0 Å². The average molecular weight is 255 g/mol. The lowest BCUT2D eigenvalue weighted by atomic mass is 9.94. The summed E-state index contributed by atoms with van der Waals surface area (Å²) in [6, 6.07) is -0.376. The zero-order valence-corrected chi connectivity index (χ0v) is 10.9. The van der Waals surface area contributed by atoms with Gasteiger partial charge in [0.2, 0.25) is 5.91 Å². The number of esters is 1. The number of methoxy groups -OCH3 is 1. The molecule has 5 nitrogen and oxygen atoms in total. The van der Waals surface area contributed by atoms with Gasteiger partial charge in [-0.1, -0.05) is 0 Å². The van der Waals surface area contributed by atoms with E-state index in [0.29, 0.717) is 19.8 Å². The molecular weight excluding hydrogens is 234 g/mol. The SMILES string of the molecule is COC(=O)C1CCCCN1C(=O)C1CCOCC1. The standard InChI is InChI=1S/C13H21NO4/c1-17-13(16)11-4-2-3-7-14(11)12(15)10-5-8-18-9-6-10/h10-11H,2-9H2,1H3. The lowest BCUT2D eigenvalue weighted by Crippen LogP contribution is -2.51. The maximum absolute atomic E-state index is 12.4. The van der Waals surface area contributed by atoms with E-state index in [1.54, 1.807) is 4.90 Å². The van der Waals surface area contributed by atoms with Gasteiger partial charge < -0.3 is 14.4 Å². The molecule has 0 aliphatic carbocycles. The predicted molar refractivity (Wildman–Crippen MR) is 64.9 cm³/mol. The van der Waals surface area contributed by atoms with Crippen molar-refractivity contribution in [1.82, 2.24) is 4.90 Å². The van der Waals surface area contributed by atoms with Gasteiger partial charge in [-0.3, -0.25) is 4.79 Å². The van der Waals surface area contributed by atoms with Crippen LogP contribution in [0, 0.1) is 5.92 Å². The highest BCUT2D eigenvalue weighted by atomic mass is 16.5. The molecule has 0 N–H and O–H groups in total. The lowest BCUT2D eigenvalue weighted by molar-refractivity contribution is -0.157. The molecule has 2 saturated heterocycles. The van der Waals surface area contributed by atoms with Crippen LogP contribution in [0.15, 0.2) is 0 Å². The quantitative estimate of drug-likeness (QED) is 0.690. The second-order valence-corrected chi connectivity index (χ2v) is 4.95. The third kappa shape index (κ3) is 2.83. The van der Waals surface area contributed by atoms with Gasteiger partial charge in [-0.15, -0.1) is 0 Å². The molecule has 0 saturated carbocycles. The first-order valence-corrected chi connectivity index (χ1v) is 6.70. The lowest BCUT2D eigenvalue weighted by Gasteiger charge is -2.36. The molecular formula is C13H21NO4. The number of piperidine rings is 1. The highest BCUT2D eigenvalue weighted by Crippen LogP contribution is 2.24. The minimum Gasteiger partial charge on any atom is -0.467 e. The molecule has 0 spiro atoms. The van der Waals surface area contributed by atoms with E-state index >= 15 is 0 Å². The number of amides is 1. The fourth-order valence-electron chi connectivity index (χ4n) is 2.76. The molecule has 0 bridgehead atoms. The van der Waals surface area contributed by atoms with Crippen LogP contribution in [0.5, 0.6) is 0 Å². The number of rotatable bonds is 2. The molecule has 0 aromatic carbocycles. The first-order valence-electron chi connectivity index (χ1n) is 6.70. The summed E-state index contributed by atoms with van der Waals surface area (Å²) in [5.74, 6) is -0.160. The van der Waals surface area contributed by atoms with Gasteiger partial charge in [-0.05, 0) is 32.1 Å². The van der Waals surface area contributed by atoms with E-state index in [0.717, 1.165) is 32.1 Å².